The molecule has 1 N–H and O–H groups in total. The molecule has 0 aromatic carbocycles. The van der Waals surface area contributed by atoms with Gasteiger partial charge in [0.05, 0.1) is 13.2 Å². The van der Waals surface area contributed by atoms with Crippen molar-refractivity contribution in [3.63, 3.8) is 0 Å². The third-order valence-corrected chi connectivity index (χ3v) is 3.27. The van der Waals surface area contributed by atoms with Gasteiger partial charge < -0.3 is 14.7 Å². The molecular formula is C12H17NO4. The highest BCUT2D eigenvalue weighted by molar-refractivity contribution is 5.81. The molecule has 1 heterocycles. The lowest BCUT2D eigenvalue weighted by Crippen LogP contribution is -2.50. The minimum atomic E-state index is -0.994. The zero-order valence-electron chi connectivity index (χ0n) is 9.67. The Morgan fingerprint density at radius 2 is 2.18 bits per heavy atom. The normalized spacial score (nSPS) is 29.1. The Bertz CT molecular complexity index is 339. The molecule has 1 saturated heterocycles. The van der Waals surface area contributed by atoms with Crippen molar-refractivity contribution in [3.05, 3.63) is 12.2 Å². The van der Waals surface area contributed by atoms with Crippen molar-refractivity contribution in [2.24, 2.45) is 5.92 Å². The molecule has 2 aliphatic rings. The molecule has 0 radical (unpaired) electrons. The molecule has 5 nitrogen and oxygen atoms in total. The van der Waals surface area contributed by atoms with Gasteiger partial charge in [0.15, 0.2) is 6.10 Å². The molecule has 2 atom stereocenters. The first-order valence-electron chi connectivity index (χ1n) is 5.96. The van der Waals surface area contributed by atoms with Crippen molar-refractivity contribution in [1.82, 2.24) is 4.90 Å². The van der Waals surface area contributed by atoms with E-state index in [9.17, 15) is 9.59 Å². The van der Waals surface area contributed by atoms with E-state index in [1.165, 1.54) is 0 Å². The predicted molar refractivity (Wildman–Crippen MR) is 60.4 cm³/mol. The molecule has 17 heavy (non-hydrogen) atoms. The van der Waals surface area contributed by atoms with Gasteiger partial charge in [-0.1, -0.05) is 12.2 Å². The Morgan fingerprint density at radius 1 is 1.35 bits per heavy atom. The number of carboxylic acid groups (broad SMARTS) is 1. The summed E-state index contributed by atoms with van der Waals surface area (Å²) < 4.78 is 5.10. The smallest absolute Gasteiger partial charge is 0.334 e. The molecule has 1 amide bonds. The number of carboxylic acids is 1. The standard InChI is InChI=1S/C12H17NO4/c14-11(9-4-2-1-3-5-9)13-6-7-17-10(8-13)12(15)16/h1-2,9-10H,3-8H2,(H,15,16). The summed E-state index contributed by atoms with van der Waals surface area (Å²) in [7, 11) is 0. The van der Waals surface area contributed by atoms with Crippen LogP contribution >= 0.6 is 0 Å². The fraction of sp³-hybridized carbons (Fsp3) is 0.667. The van der Waals surface area contributed by atoms with E-state index in [1.807, 2.05) is 6.08 Å². The number of allylic oxidation sites excluding steroid dienone is 2. The minimum Gasteiger partial charge on any atom is -0.479 e. The van der Waals surface area contributed by atoms with Crippen molar-refractivity contribution in [2.75, 3.05) is 19.7 Å². The lowest BCUT2D eigenvalue weighted by Gasteiger charge is -2.33. The zero-order chi connectivity index (χ0) is 12.3. The highest BCUT2D eigenvalue weighted by atomic mass is 16.5. The van der Waals surface area contributed by atoms with E-state index >= 15 is 0 Å². The predicted octanol–water partition coefficient (Wildman–Crippen LogP) is 0.655. The Balaban J connectivity index is 1.94. The van der Waals surface area contributed by atoms with Crippen LogP contribution < -0.4 is 0 Å². The maximum Gasteiger partial charge on any atom is 0.334 e. The highest BCUT2D eigenvalue weighted by Crippen LogP contribution is 2.21. The second-order valence-electron chi connectivity index (χ2n) is 4.46. The average Bonchev–Trinajstić information content (AvgIpc) is 2.39. The molecule has 2 rings (SSSR count). The van der Waals surface area contributed by atoms with Gasteiger partial charge in [0.1, 0.15) is 0 Å². The molecular weight excluding hydrogens is 222 g/mol. The lowest BCUT2D eigenvalue weighted by atomic mass is 9.93. The summed E-state index contributed by atoms with van der Waals surface area (Å²) in [6.45, 7) is 0.989. The summed E-state index contributed by atoms with van der Waals surface area (Å²) in [6, 6.07) is 0. The minimum absolute atomic E-state index is 0.0209. The maximum atomic E-state index is 12.2. The van der Waals surface area contributed by atoms with Crippen LogP contribution in [0.25, 0.3) is 0 Å². The van der Waals surface area contributed by atoms with Gasteiger partial charge >= 0.3 is 5.97 Å². The zero-order valence-corrected chi connectivity index (χ0v) is 9.67. The van der Waals surface area contributed by atoms with Gasteiger partial charge in [-0.15, -0.1) is 0 Å². The molecule has 1 aliphatic carbocycles. The van der Waals surface area contributed by atoms with E-state index in [4.69, 9.17) is 9.84 Å². The van der Waals surface area contributed by atoms with Crippen molar-refractivity contribution in [1.29, 1.82) is 0 Å². The van der Waals surface area contributed by atoms with Crippen molar-refractivity contribution in [3.8, 4) is 0 Å². The number of hydrogen-bond donors (Lipinski definition) is 1. The Labute approximate surface area is 100 Å². The number of morpholine rings is 1. The SMILES string of the molecule is O=C(O)C1CN(C(=O)C2CC=CCC2)CCO1. The molecule has 0 bridgehead atoms. The number of ether oxygens (including phenoxy) is 1. The maximum absolute atomic E-state index is 12.2. The molecule has 0 aromatic rings. The van der Waals surface area contributed by atoms with Gasteiger partial charge in [-0.25, -0.2) is 4.79 Å². The number of carbonyl (C=O) groups excluding carboxylic acids is 1. The van der Waals surface area contributed by atoms with Crippen LogP contribution in [0.5, 0.6) is 0 Å². The average molecular weight is 239 g/mol. The fourth-order valence-corrected chi connectivity index (χ4v) is 2.27. The number of hydrogen-bond acceptors (Lipinski definition) is 3. The van der Waals surface area contributed by atoms with Gasteiger partial charge in [-0.2, -0.15) is 0 Å². The van der Waals surface area contributed by atoms with E-state index in [1.54, 1.807) is 4.90 Å². The number of amides is 1. The van der Waals surface area contributed by atoms with Crippen molar-refractivity contribution >= 4 is 11.9 Å². The van der Waals surface area contributed by atoms with Gasteiger partial charge in [0.25, 0.3) is 0 Å². The van der Waals surface area contributed by atoms with Gasteiger partial charge in [0.2, 0.25) is 5.91 Å². The number of carbonyl (C=O) groups is 2. The topological polar surface area (TPSA) is 66.8 Å². The Morgan fingerprint density at radius 3 is 2.82 bits per heavy atom. The van der Waals surface area contributed by atoms with E-state index < -0.39 is 12.1 Å². The Hall–Kier alpha value is -1.36. The molecule has 1 fully saturated rings. The number of rotatable bonds is 2. The monoisotopic (exact) mass is 239 g/mol. The summed E-state index contributed by atoms with van der Waals surface area (Å²) in [5.41, 5.74) is 0. The lowest BCUT2D eigenvalue weighted by molar-refractivity contribution is -0.160. The fourth-order valence-electron chi connectivity index (χ4n) is 2.27. The van der Waals surface area contributed by atoms with Crippen LogP contribution in [0.1, 0.15) is 19.3 Å². The molecule has 2 unspecified atom stereocenters. The van der Waals surface area contributed by atoms with Crippen LogP contribution in [-0.2, 0) is 14.3 Å². The third kappa shape index (κ3) is 2.85. The second-order valence-corrected chi connectivity index (χ2v) is 4.46. The first-order chi connectivity index (χ1) is 8.18. The molecule has 0 aromatic heterocycles. The molecule has 5 heteroatoms. The molecule has 0 spiro atoms. The van der Waals surface area contributed by atoms with Gasteiger partial charge in [-0.05, 0) is 19.3 Å². The third-order valence-electron chi connectivity index (χ3n) is 3.27. The summed E-state index contributed by atoms with van der Waals surface area (Å²) in [5.74, 6) is -0.900. The van der Waals surface area contributed by atoms with Crippen molar-refractivity contribution < 1.29 is 19.4 Å². The van der Waals surface area contributed by atoms with Crippen LogP contribution in [0.4, 0.5) is 0 Å². The summed E-state index contributed by atoms with van der Waals surface area (Å²) >= 11 is 0. The van der Waals surface area contributed by atoms with E-state index in [-0.39, 0.29) is 18.4 Å². The Kier molecular flexibility index (Phi) is 3.78. The van der Waals surface area contributed by atoms with E-state index in [0.717, 1.165) is 19.3 Å². The van der Waals surface area contributed by atoms with Gasteiger partial charge in [-0.3, -0.25) is 4.79 Å². The van der Waals surface area contributed by atoms with E-state index in [2.05, 4.69) is 6.08 Å². The molecule has 94 valence electrons. The van der Waals surface area contributed by atoms with Crippen LogP contribution in [0.15, 0.2) is 12.2 Å². The van der Waals surface area contributed by atoms with Crippen LogP contribution in [0, 0.1) is 5.92 Å². The van der Waals surface area contributed by atoms with Crippen LogP contribution in [0.2, 0.25) is 0 Å². The largest absolute Gasteiger partial charge is 0.479 e. The first kappa shape index (κ1) is 12.1. The summed E-state index contributed by atoms with van der Waals surface area (Å²) in [6.07, 6.45) is 5.82. The number of aliphatic carboxylic acids is 1. The van der Waals surface area contributed by atoms with Crippen molar-refractivity contribution in [2.45, 2.75) is 25.4 Å². The quantitative estimate of drug-likeness (QED) is 0.719. The van der Waals surface area contributed by atoms with Crippen LogP contribution in [-0.4, -0.2) is 47.7 Å². The molecule has 0 saturated carbocycles. The number of nitrogens with zero attached hydrogens (tertiary/aromatic N) is 1. The highest BCUT2D eigenvalue weighted by Gasteiger charge is 2.32. The summed E-state index contributed by atoms with van der Waals surface area (Å²) in [5, 5.41) is 8.87. The second kappa shape index (κ2) is 5.31. The van der Waals surface area contributed by atoms with Crippen LogP contribution in [0.3, 0.4) is 0 Å². The van der Waals surface area contributed by atoms with Gasteiger partial charge in [0, 0.05) is 12.5 Å². The first-order valence-corrected chi connectivity index (χ1v) is 5.96. The molecule has 1 aliphatic heterocycles. The van der Waals surface area contributed by atoms with E-state index in [0.29, 0.717) is 13.2 Å². The summed E-state index contributed by atoms with van der Waals surface area (Å²) in [4.78, 5) is 24.6.